The lowest BCUT2D eigenvalue weighted by molar-refractivity contribution is 0.251. The second-order valence-electron chi connectivity index (χ2n) is 13.9. The molecule has 208 valence electrons. The molecule has 4 nitrogen and oxygen atoms in total. The third-order valence-electron chi connectivity index (χ3n) is 10.3. The maximum atomic E-state index is 5.15. The van der Waals surface area contributed by atoms with Crippen molar-refractivity contribution in [1.29, 1.82) is 0 Å². The SMILES string of the molecule is CC1(C)CC2C=CC1c1cc3nc4c(nc3cc12)SC(=C1Sc2nc3cc5c(cc3nc2S1)C1C=CC5CC1(C)C)S4. The molecule has 4 aromatic rings. The van der Waals surface area contributed by atoms with E-state index in [-0.39, 0.29) is 10.8 Å². The topological polar surface area (TPSA) is 51.6 Å². The molecule has 2 aromatic carbocycles. The highest BCUT2D eigenvalue weighted by Gasteiger charge is 2.43. The summed E-state index contributed by atoms with van der Waals surface area (Å²) in [7, 11) is 0. The zero-order valence-electron chi connectivity index (χ0n) is 23.8. The van der Waals surface area contributed by atoms with E-state index in [0.29, 0.717) is 23.7 Å². The number of thioether (sulfide) groups is 4. The summed E-state index contributed by atoms with van der Waals surface area (Å²) in [5.74, 6) is 1.90. The van der Waals surface area contributed by atoms with E-state index in [0.717, 1.165) is 42.2 Å². The summed E-state index contributed by atoms with van der Waals surface area (Å²) >= 11 is 7.02. The summed E-state index contributed by atoms with van der Waals surface area (Å²) in [5.41, 5.74) is 10.5. The molecule has 0 amide bonds. The maximum Gasteiger partial charge on any atom is 0.135 e. The Hall–Kier alpha value is -2.26. The molecule has 0 spiro atoms. The number of nitrogens with zero attached hydrogens (tertiary/aromatic N) is 4. The lowest BCUT2D eigenvalue weighted by Crippen LogP contribution is -2.32. The van der Waals surface area contributed by atoms with Crippen molar-refractivity contribution in [2.45, 2.75) is 84.3 Å². The van der Waals surface area contributed by atoms with Crippen molar-refractivity contribution in [1.82, 2.24) is 19.9 Å². The zero-order chi connectivity index (χ0) is 28.1. The van der Waals surface area contributed by atoms with E-state index in [4.69, 9.17) is 19.9 Å². The first kappa shape index (κ1) is 25.1. The van der Waals surface area contributed by atoms with Gasteiger partial charge in [-0.15, -0.1) is 0 Å². The summed E-state index contributed by atoms with van der Waals surface area (Å²) in [5, 5.41) is 4.08. The number of benzene rings is 2. The highest BCUT2D eigenvalue weighted by molar-refractivity contribution is 8.30. The van der Waals surface area contributed by atoms with Gasteiger partial charge in [-0.25, -0.2) is 19.9 Å². The monoisotopic (exact) mass is 620 g/mol. The minimum absolute atomic E-state index is 0.289. The first-order valence-corrected chi connectivity index (χ1v) is 18.0. The van der Waals surface area contributed by atoms with Crippen LogP contribution in [0.2, 0.25) is 0 Å². The average Bonchev–Trinajstić information content (AvgIpc) is 3.55. The highest BCUT2D eigenvalue weighted by atomic mass is 32.2. The van der Waals surface area contributed by atoms with Gasteiger partial charge in [-0.3, -0.25) is 0 Å². The van der Waals surface area contributed by atoms with Gasteiger partial charge in [0.2, 0.25) is 0 Å². The van der Waals surface area contributed by atoms with Gasteiger partial charge < -0.3 is 0 Å². The Morgan fingerprint density at radius 1 is 0.500 bits per heavy atom. The molecule has 8 aliphatic rings. The molecule has 42 heavy (non-hydrogen) atoms. The lowest BCUT2D eigenvalue weighted by Gasteiger charge is -2.45. The molecule has 0 fully saturated rings. The number of fused-ring (bicyclic) bond motifs is 6. The van der Waals surface area contributed by atoms with Crippen molar-refractivity contribution >= 4 is 69.1 Å². The molecule has 8 heteroatoms. The predicted molar refractivity (Wildman–Crippen MR) is 176 cm³/mol. The molecule has 2 aromatic heterocycles. The fourth-order valence-corrected chi connectivity index (χ4v) is 13.1. The summed E-state index contributed by atoms with van der Waals surface area (Å²) < 4.78 is 2.49. The summed E-state index contributed by atoms with van der Waals surface area (Å²) in [6.45, 7) is 9.60. The fraction of sp³-hybridized carbons (Fsp3) is 0.353. The second-order valence-corrected chi connectivity index (χ2v) is 18.4. The van der Waals surface area contributed by atoms with Crippen LogP contribution in [0.5, 0.6) is 0 Å². The number of allylic oxidation sites excluding steroid dienone is 4. The molecule has 12 rings (SSSR count). The molecule has 0 saturated heterocycles. The van der Waals surface area contributed by atoms with E-state index in [1.165, 1.54) is 43.6 Å². The second kappa shape index (κ2) is 8.26. The van der Waals surface area contributed by atoms with Gasteiger partial charge in [0, 0.05) is 23.7 Å². The van der Waals surface area contributed by atoms with Crippen molar-refractivity contribution in [2.75, 3.05) is 0 Å². The van der Waals surface area contributed by atoms with Gasteiger partial charge >= 0.3 is 0 Å². The van der Waals surface area contributed by atoms with Crippen LogP contribution in [0, 0.1) is 10.8 Å². The first-order valence-electron chi connectivity index (χ1n) is 14.7. The number of hydrogen-bond donors (Lipinski definition) is 0. The quantitative estimate of drug-likeness (QED) is 0.180. The van der Waals surface area contributed by atoms with Gasteiger partial charge in [0.15, 0.2) is 0 Å². The van der Waals surface area contributed by atoms with Gasteiger partial charge in [-0.2, -0.15) is 0 Å². The molecule has 4 heterocycles. The van der Waals surface area contributed by atoms with Crippen LogP contribution in [0.1, 0.15) is 86.5 Å². The highest BCUT2D eigenvalue weighted by Crippen LogP contribution is 2.61. The van der Waals surface area contributed by atoms with Crippen molar-refractivity contribution in [3.8, 4) is 0 Å². The minimum Gasteiger partial charge on any atom is -0.237 e. The molecule has 4 unspecified atom stereocenters. The van der Waals surface area contributed by atoms with Crippen LogP contribution in [-0.4, -0.2) is 19.9 Å². The Kier molecular flexibility index (Phi) is 4.94. The number of hydrogen-bond acceptors (Lipinski definition) is 8. The smallest absolute Gasteiger partial charge is 0.135 e. The van der Waals surface area contributed by atoms with E-state index in [9.17, 15) is 0 Å². The van der Waals surface area contributed by atoms with Crippen LogP contribution in [0.3, 0.4) is 0 Å². The molecule has 6 aliphatic carbocycles. The van der Waals surface area contributed by atoms with E-state index in [1.807, 2.05) is 0 Å². The van der Waals surface area contributed by atoms with Gasteiger partial charge in [-0.05, 0) is 70.2 Å². The molecule has 0 radical (unpaired) electrons. The normalized spacial score (nSPS) is 30.2. The summed E-state index contributed by atoms with van der Waals surface area (Å²) in [6, 6.07) is 9.29. The van der Waals surface area contributed by atoms with Crippen LogP contribution < -0.4 is 0 Å². The molecule has 0 saturated carbocycles. The maximum absolute atomic E-state index is 5.15. The van der Waals surface area contributed by atoms with Crippen molar-refractivity contribution in [3.05, 3.63) is 79.3 Å². The van der Waals surface area contributed by atoms with Crippen LogP contribution >= 0.6 is 47.0 Å². The predicted octanol–water partition coefficient (Wildman–Crippen LogP) is 10.1. The van der Waals surface area contributed by atoms with Crippen LogP contribution in [0.4, 0.5) is 0 Å². The average molecular weight is 621 g/mol. The van der Waals surface area contributed by atoms with Crippen molar-refractivity contribution < 1.29 is 0 Å². The van der Waals surface area contributed by atoms with Crippen molar-refractivity contribution in [3.63, 3.8) is 0 Å². The Balaban J connectivity index is 0.994. The summed E-state index contributed by atoms with van der Waals surface area (Å²) in [4.78, 5) is 20.6. The lowest BCUT2D eigenvalue weighted by atomic mass is 9.59. The minimum atomic E-state index is 0.289. The van der Waals surface area contributed by atoms with E-state index < -0.39 is 0 Å². The first-order chi connectivity index (χ1) is 20.2. The third kappa shape index (κ3) is 3.44. The van der Waals surface area contributed by atoms with Crippen LogP contribution in [-0.2, 0) is 0 Å². The van der Waals surface area contributed by atoms with E-state index in [2.05, 4.69) is 76.3 Å². The Labute approximate surface area is 262 Å². The molecule has 2 aliphatic heterocycles. The summed E-state index contributed by atoms with van der Waals surface area (Å²) in [6.07, 6.45) is 12.1. The zero-order valence-corrected chi connectivity index (χ0v) is 27.0. The molecular formula is C34H28N4S4. The van der Waals surface area contributed by atoms with Gasteiger partial charge in [0.25, 0.3) is 0 Å². The standard InChI is InChI=1S/C34H28N4S4/c1-33(2)13-15-5-7-21(33)19-11-25-23(9-17(15)19)35-27-29(37-25)41-31(39-27)32-40-28-30(42-32)38-26-12-20-18(10-24(26)36-28)16-6-8-22(20)34(3,4)14-16/h5-12,15-16,21-22H,13-14H2,1-4H3. The number of aromatic nitrogens is 4. The molecule has 0 N–H and O–H groups in total. The van der Waals surface area contributed by atoms with Gasteiger partial charge in [0.05, 0.1) is 30.5 Å². The Morgan fingerprint density at radius 2 is 0.833 bits per heavy atom. The van der Waals surface area contributed by atoms with Crippen LogP contribution in [0.15, 0.2) is 77.1 Å². The number of rotatable bonds is 0. The van der Waals surface area contributed by atoms with E-state index >= 15 is 0 Å². The molecule has 4 atom stereocenters. The fourth-order valence-electron chi connectivity index (χ4n) is 8.22. The van der Waals surface area contributed by atoms with E-state index in [1.54, 1.807) is 47.0 Å². The van der Waals surface area contributed by atoms with Crippen molar-refractivity contribution in [2.24, 2.45) is 10.8 Å². The van der Waals surface area contributed by atoms with Gasteiger partial charge in [-0.1, -0.05) is 99.0 Å². The van der Waals surface area contributed by atoms with Gasteiger partial charge in [0.1, 0.15) is 20.1 Å². The Morgan fingerprint density at radius 3 is 1.17 bits per heavy atom. The molecule has 4 bridgehead atoms. The Bertz CT molecular complexity index is 1900. The largest absolute Gasteiger partial charge is 0.237 e. The molecular weight excluding hydrogens is 593 g/mol. The van der Waals surface area contributed by atoms with Crippen LogP contribution in [0.25, 0.3) is 22.1 Å². The third-order valence-corrected chi connectivity index (χ3v) is 15.5.